The summed E-state index contributed by atoms with van der Waals surface area (Å²) in [5, 5.41) is 10.6. The van der Waals surface area contributed by atoms with Crippen LogP contribution in [-0.4, -0.2) is 21.7 Å². The average Bonchev–Trinajstić information content (AvgIpc) is 2.52. The van der Waals surface area contributed by atoms with E-state index >= 15 is 0 Å². The number of nitrogens with zero attached hydrogens (tertiary/aromatic N) is 1. The minimum Gasteiger partial charge on any atom is -0.460 e. The topological polar surface area (TPSA) is 59.4 Å². The summed E-state index contributed by atoms with van der Waals surface area (Å²) in [5.41, 5.74) is 1.22. The van der Waals surface area contributed by atoms with Crippen molar-refractivity contribution in [1.82, 2.24) is 4.98 Å². The molecule has 5 heteroatoms. The number of aromatic nitrogens is 1. The van der Waals surface area contributed by atoms with Crippen LogP contribution in [0.3, 0.4) is 0 Å². The molecule has 0 aromatic carbocycles. The Kier molecular flexibility index (Phi) is 3.83. The number of esters is 1. The molecule has 0 fully saturated rings. The van der Waals surface area contributed by atoms with Crippen LogP contribution >= 0.6 is 11.6 Å². The number of hydrogen-bond acceptors (Lipinski definition) is 4. The van der Waals surface area contributed by atoms with Gasteiger partial charge in [-0.25, -0.2) is 4.98 Å². The van der Waals surface area contributed by atoms with E-state index in [0.717, 1.165) is 11.1 Å². The number of carbonyl (C=O) groups is 1. The maximum Gasteiger partial charge on any atom is 0.306 e. The van der Waals surface area contributed by atoms with Crippen molar-refractivity contribution >= 4 is 17.6 Å². The third-order valence-corrected chi connectivity index (χ3v) is 3.29. The zero-order valence-corrected chi connectivity index (χ0v) is 12.1. The highest BCUT2D eigenvalue weighted by atomic mass is 35.5. The molecule has 0 amide bonds. The van der Waals surface area contributed by atoms with E-state index in [-0.39, 0.29) is 18.3 Å². The summed E-state index contributed by atoms with van der Waals surface area (Å²) in [6.07, 6.45) is 1.73. The van der Waals surface area contributed by atoms with E-state index in [1.807, 2.05) is 20.8 Å². The summed E-state index contributed by atoms with van der Waals surface area (Å²) in [5.74, 6) is -0.450. The van der Waals surface area contributed by atoms with Gasteiger partial charge in [0.25, 0.3) is 0 Å². The van der Waals surface area contributed by atoms with E-state index in [2.05, 4.69) is 4.98 Å². The van der Waals surface area contributed by atoms with Crippen LogP contribution in [0.2, 0.25) is 5.15 Å². The maximum atomic E-state index is 11.8. The highest BCUT2D eigenvalue weighted by Gasteiger charge is 2.34. The molecule has 0 bridgehead atoms. The van der Waals surface area contributed by atoms with Crippen molar-refractivity contribution in [3.8, 4) is 0 Å². The van der Waals surface area contributed by atoms with Gasteiger partial charge in [-0.15, -0.1) is 0 Å². The predicted molar refractivity (Wildman–Crippen MR) is 71.9 cm³/mol. The lowest BCUT2D eigenvalue weighted by atomic mass is 10.00. The van der Waals surface area contributed by atoms with Gasteiger partial charge in [-0.3, -0.25) is 4.79 Å². The van der Waals surface area contributed by atoms with E-state index in [1.54, 1.807) is 12.3 Å². The molecule has 1 N–H and O–H groups in total. The second-order valence-electron chi connectivity index (χ2n) is 5.91. The molecule has 0 saturated carbocycles. The third kappa shape index (κ3) is 3.45. The van der Waals surface area contributed by atoms with Gasteiger partial charge in [0.2, 0.25) is 0 Å². The second kappa shape index (κ2) is 5.10. The Morgan fingerprint density at radius 3 is 2.89 bits per heavy atom. The normalized spacial score (nSPS) is 22.2. The van der Waals surface area contributed by atoms with Gasteiger partial charge in [0, 0.05) is 17.7 Å². The maximum absolute atomic E-state index is 11.8. The molecular weight excluding hydrogens is 266 g/mol. The first-order valence-electron chi connectivity index (χ1n) is 6.30. The van der Waals surface area contributed by atoms with Crippen molar-refractivity contribution < 1.29 is 14.6 Å². The minimum absolute atomic E-state index is 0.162. The van der Waals surface area contributed by atoms with Crippen LogP contribution in [0.1, 0.15) is 44.4 Å². The van der Waals surface area contributed by atoms with Gasteiger partial charge in [-0.1, -0.05) is 11.6 Å². The number of halogens is 1. The Morgan fingerprint density at radius 2 is 2.26 bits per heavy atom. The lowest BCUT2D eigenvalue weighted by molar-refractivity contribution is -0.156. The zero-order chi connectivity index (χ0) is 14.2. The minimum atomic E-state index is -0.674. The van der Waals surface area contributed by atoms with E-state index in [9.17, 15) is 9.90 Å². The van der Waals surface area contributed by atoms with Gasteiger partial charge in [-0.05, 0) is 38.8 Å². The SMILES string of the molecule is CC(C)(C)OC(=O)CC1Cc2cc(Cl)ncc2C1O. The van der Waals surface area contributed by atoms with Crippen LogP contribution in [-0.2, 0) is 16.0 Å². The van der Waals surface area contributed by atoms with E-state index in [0.29, 0.717) is 11.6 Å². The Bertz CT molecular complexity index is 496. The molecule has 2 atom stereocenters. The van der Waals surface area contributed by atoms with Crippen molar-refractivity contribution in [2.24, 2.45) is 5.92 Å². The molecule has 104 valence electrons. The zero-order valence-electron chi connectivity index (χ0n) is 11.3. The van der Waals surface area contributed by atoms with Gasteiger partial charge in [0.1, 0.15) is 10.8 Å². The van der Waals surface area contributed by atoms with E-state index in [1.165, 1.54) is 0 Å². The molecule has 0 radical (unpaired) electrons. The summed E-state index contributed by atoms with van der Waals surface area (Å²) < 4.78 is 5.28. The van der Waals surface area contributed by atoms with Gasteiger partial charge in [-0.2, -0.15) is 0 Å². The number of rotatable bonds is 2. The summed E-state index contributed by atoms with van der Waals surface area (Å²) in [7, 11) is 0. The van der Waals surface area contributed by atoms with E-state index < -0.39 is 11.7 Å². The molecule has 1 aromatic heterocycles. The molecule has 0 spiro atoms. The predicted octanol–water partition coefficient (Wildman–Crippen LogP) is 2.67. The monoisotopic (exact) mass is 283 g/mol. The molecule has 19 heavy (non-hydrogen) atoms. The molecule has 2 rings (SSSR count). The lowest BCUT2D eigenvalue weighted by Crippen LogP contribution is -2.26. The first-order valence-corrected chi connectivity index (χ1v) is 6.68. The fourth-order valence-electron chi connectivity index (χ4n) is 2.35. The fourth-order valence-corrected chi connectivity index (χ4v) is 2.53. The number of carbonyl (C=O) groups excluding carboxylic acids is 1. The lowest BCUT2D eigenvalue weighted by Gasteiger charge is -2.21. The summed E-state index contributed by atoms with van der Waals surface area (Å²) >= 11 is 5.83. The van der Waals surface area contributed by atoms with Gasteiger partial charge in [0.05, 0.1) is 12.5 Å². The Balaban J connectivity index is 2.04. The van der Waals surface area contributed by atoms with Crippen LogP contribution in [0.25, 0.3) is 0 Å². The van der Waals surface area contributed by atoms with Crippen LogP contribution in [0.15, 0.2) is 12.3 Å². The molecule has 2 unspecified atom stereocenters. The number of hydrogen-bond donors (Lipinski definition) is 1. The number of pyridine rings is 1. The highest BCUT2D eigenvalue weighted by Crippen LogP contribution is 2.38. The molecule has 4 nitrogen and oxygen atoms in total. The first-order chi connectivity index (χ1) is 8.76. The van der Waals surface area contributed by atoms with Gasteiger partial charge >= 0.3 is 5.97 Å². The fraction of sp³-hybridized carbons (Fsp3) is 0.571. The average molecular weight is 284 g/mol. The number of ether oxygens (including phenoxy) is 1. The first kappa shape index (κ1) is 14.3. The third-order valence-electron chi connectivity index (χ3n) is 3.09. The molecule has 1 aliphatic rings. The number of fused-ring (bicyclic) bond motifs is 1. The summed E-state index contributed by atoms with van der Waals surface area (Å²) in [6, 6.07) is 1.75. The van der Waals surface area contributed by atoms with Gasteiger partial charge < -0.3 is 9.84 Å². The molecule has 1 aliphatic carbocycles. The van der Waals surface area contributed by atoms with Crippen LogP contribution in [0, 0.1) is 5.92 Å². The molecule has 1 heterocycles. The summed E-state index contributed by atoms with van der Waals surface area (Å²) in [6.45, 7) is 5.48. The van der Waals surface area contributed by atoms with Crippen molar-refractivity contribution in [2.45, 2.75) is 45.3 Å². The second-order valence-corrected chi connectivity index (χ2v) is 6.29. The van der Waals surface area contributed by atoms with Gasteiger partial charge in [0.15, 0.2) is 0 Å². The standard InChI is InChI=1S/C14H18ClNO3/c1-14(2,3)19-12(17)6-9-4-8-5-11(15)16-7-10(8)13(9)18/h5,7,9,13,18H,4,6H2,1-3H3. The van der Waals surface area contributed by atoms with Crippen LogP contribution in [0.4, 0.5) is 0 Å². The molecular formula is C14H18ClNO3. The number of aliphatic hydroxyl groups is 1. The van der Waals surface area contributed by atoms with Crippen molar-refractivity contribution in [3.63, 3.8) is 0 Å². The van der Waals surface area contributed by atoms with Crippen LogP contribution in [0.5, 0.6) is 0 Å². The molecule has 0 aliphatic heterocycles. The van der Waals surface area contributed by atoms with Crippen molar-refractivity contribution in [1.29, 1.82) is 0 Å². The Morgan fingerprint density at radius 1 is 1.58 bits per heavy atom. The largest absolute Gasteiger partial charge is 0.460 e. The highest BCUT2D eigenvalue weighted by molar-refractivity contribution is 6.29. The molecule has 0 saturated heterocycles. The van der Waals surface area contributed by atoms with E-state index in [4.69, 9.17) is 16.3 Å². The summed E-state index contributed by atoms with van der Waals surface area (Å²) in [4.78, 5) is 15.8. The van der Waals surface area contributed by atoms with Crippen molar-refractivity contribution in [2.75, 3.05) is 0 Å². The smallest absolute Gasteiger partial charge is 0.306 e. The number of aliphatic hydroxyl groups excluding tert-OH is 1. The Labute approximate surface area is 117 Å². The van der Waals surface area contributed by atoms with Crippen LogP contribution < -0.4 is 0 Å². The Hall–Kier alpha value is -1.13. The van der Waals surface area contributed by atoms with Crippen molar-refractivity contribution in [3.05, 3.63) is 28.5 Å². The quantitative estimate of drug-likeness (QED) is 0.670. The molecule has 1 aromatic rings.